The number of aromatic nitrogens is 1. The molecule has 0 bridgehead atoms. The van der Waals surface area contributed by atoms with Gasteiger partial charge < -0.3 is 9.30 Å². The van der Waals surface area contributed by atoms with Crippen LogP contribution < -0.4 is 4.80 Å². The fraction of sp³-hybridized carbons (Fsp3) is 0.200. The largest absolute Gasteiger partial charge is 0.380 e. The first kappa shape index (κ1) is 21.7. The predicted octanol–water partition coefficient (Wildman–Crippen LogP) is 5.83. The summed E-state index contributed by atoms with van der Waals surface area (Å²) in [5.74, 6) is -0.234. The summed E-state index contributed by atoms with van der Waals surface area (Å²) in [5.41, 5.74) is 4.06. The van der Waals surface area contributed by atoms with Gasteiger partial charge in [-0.1, -0.05) is 69.7 Å². The average Bonchev–Trinajstić information content (AvgIpc) is 3.11. The van der Waals surface area contributed by atoms with Gasteiger partial charge in [-0.25, -0.2) is 0 Å². The fourth-order valence-electron chi connectivity index (χ4n) is 3.40. The van der Waals surface area contributed by atoms with Crippen LogP contribution in [0.3, 0.4) is 0 Å². The van der Waals surface area contributed by atoms with Crippen LogP contribution in [0, 0.1) is 0 Å². The first-order valence-electron chi connectivity index (χ1n) is 10.2. The van der Waals surface area contributed by atoms with E-state index in [1.807, 2.05) is 61.5 Å². The van der Waals surface area contributed by atoms with Crippen molar-refractivity contribution in [3.05, 3.63) is 98.8 Å². The van der Waals surface area contributed by atoms with Gasteiger partial charge in [-0.3, -0.25) is 4.79 Å². The van der Waals surface area contributed by atoms with Crippen LogP contribution in [-0.2, 0) is 17.7 Å². The highest BCUT2D eigenvalue weighted by Gasteiger charge is 2.10. The van der Waals surface area contributed by atoms with Gasteiger partial charge in [0.05, 0.1) is 16.8 Å². The number of hydrogen-bond donors (Lipinski definition) is 0. The Morgan fingerprint density at radius 2 is 1.77 bits per heavy atom. The van der Waals surface area contributed by atoms with E-state index in [9.17, 15) is 4.79 Å². The number of carbonyl (C=O) groups is 1. The van der Waals surface area contributed by atoms with Crippen LogP contribution in [0.1, 0.15) is 28.4 Å². The zero-order valence-corrected chi connectivity index (χ0v) is 19.7. The van der Waals surface area contributed by atoms with E-state index < -0.39 is 0 Å². The van der Waals surface area contributed by atoms with Gasteiger partial charge in [-0.2, -0.15) is 4.99 Å². The fourth-order valence-corrected chi connectivity index (χ4v) is 5.00. The van der Waals surface area contributed by atoms with Crippen molar-refractivity contribution in [3.8, 4) is 0 Å². The molecule has 0 spiro atoms. The molecule has 1 heterocycles. The van der Waals surface area contributed by atoms with Crippen molar-refractivity contribution in [3.63, 3.8) is 0 Å². The van der Waals surface area contributed by atoms with Crippen molar-refractivity contribution >= 4 is 43.4 Å². The molecule has 4 aromatic rings. The lowest BCUT2D eigenvalue weighted by atomic mass is 10.0. The van der Waals surface area contributed by atoms with E-state index in [0.29, 0.717) is 30.1 Å². The molecule has 6 heteroatoms. The predicted molar refractivity (Wildman–Crippen MR) is 130 cm³/mol. The molecule has 4 rings (SSSR count). The first-order valence-corrected chi connectivity index (χ1v) is 11.8. The van der Waals surface area contributed by atoms with Gasteiger partial charge >= 0.3 is 0 Å². The minimum absolute atomic E-state index is 0.234. The second-order valence-corrected chi connectivity index (χ2v) is 9.05. The summed E-state index contributed by atoms with van der Waals surface area (Å²) in [5, 5.41) is 0. The van der Waals surface area contributed by atoms with E-state index in [4.69, 9.17) is 4.74 Å². The van der Waals surface area contributed by atoms with Crippen LogP contribution in [0.5, 0.6) is 0 Å². The third-order valence-electron chi connectivity index (χ3n) is 4.96. The lowest BCUT2D eigenvalue weighted by Gasteiger charge is -2.06. The Hall–Kier alpha value is -2.54. The molecule has 3 aromatic carbocycles. The van der Waals surface area contributed by atoms with E-state index >= 15 is 0 Å². The molecule has 0 unspecified atom stereocenters. The number of ether oxygens (including phenoxy) is 1. The number of halogens is 1. The second kappa shape index (κ2) is 10.2. The highest BCUT2D eigenvalue weighted by Crippen LogP contribution is 2.22. The number of thiazole rings is 1. The maximum absolute atomic E-state index is 12.9. The smallest absolute Gasteiger partial charge is 0.279 e. The monoisotopic (exact) mass is 494 g/mol. The van der Waals surface area contributed by atoms with Crippen molar-refractivity contribution in [2.24, 2.45) is 4.99 Å². The van der Waals surface area contributed by atoms with Crippen LogP contribution in [0.4, 0.5) is 0 Å². The van der Waals surface area contributed by atoms with Crippen molar-refractivity contribution in [2.45, 2.75) is 19.9 Å². The Bertz CT molecular complexity index is 1240. The lowest BCUT2D eigenvalue weighted by Crippen LogP contribution is -2.19. The summed E-state index contributed by atoms with van der Waals surface area (Å²) in [6, 6.07) is 24.1. The number of benzene rings is 3. The molecule has 4 nitrogen and oxygen atoms in total. The molecule has 0 aliphatic rings. The second-order valence-electron chi connectivity index (χ2n) is 7.12. The van der Waals surface area contributed by atoms with Crippen LogP contribution in [0.2, 0.25) is 0 Å². The quantitative estimate of drug-likeness (QED) is 0.303. The molecule has 1 amide bonds. The third-order valence-corrected chi connectivity index (χ3v) is 6.49. The summed E-state index contributed by atoms with van der Waals surface area (Å²) in [6.07, 6.45) is 0.842. The lowest BCUT2D eigenvalue weighted by molar-refractivity contribution is 0.0996. The normalized spacial score (nSPS) is 11.9. The maximum Gasteiger partial charge on any atom is 0.279 e. The van der Waals surface area contributed by atoms with Gasteiger partial charge in [0.2, 0.25) is 0 Å². The van der Waals surface area contributed by atoms with Crippen LogP contribution in [-0.4, -0.2) is 23.7 Å². The van der Waals surface area contributed by atoms with Crippen molar-refractivity contribution < 1.29 is 9.53 Å². The molecule has 0 fully saturated rings. The molecule has 1 aromatic heterocycles. The topological polar surface area (TPSA) is 43.6 Å². The summed E-state index contributed by atoms with van der Waals surface area (Å²) in [7, 11) is 0. The Morgan fingerprint density at radius 1 is 1.03 bits per heavy atom. The Morgan fingerprint density at radius 3 is 2.52 bits per heavy atom. The van der Waals surface area contributed by atoms with Crippen molar-refractivity contribution in [1.29, 1.82) is 0 Å². The minimum atomic E-state index is -0.234. The van der Waals surface area contributed by atoms with Gasteiger partial charge in [-0.05, 0) is 54.8 Å². The van der Waals surface area contributed by atoms with E-state index in [1.165, 1.54) is 22.5 Å². The van der Waals surface area contributed by atoms with E-state index in [1.54, 1.807) is 0 Å². The molecule has 31 heavy (non-hydrogen) atoms. The highest BCUT2D eigenvalue weighted by atomic mass is 79.9. The Labute approximate surface area is 194 Å². The first-order chi connectivity index (χ1) is 15.1. The molecule has 158 valence electrons. The zero-order chi connectivity index (χ0) is 21.6. The number of rotatable bonds is 7. The number of fused-ring (bicyclic) bond motifs is 1. The average molecular weight is 495 g/mol. The molecule has 0 saturated heterocycles. The standard InChI is InChI=1S/C25H23BrN2O2S/c1-2-30-15-14-28-22-13-12-21(26)17-23(22)31-25(28)27-24(29)20-10-8-19(9-11-20)16-18-6-4-3-5-7-18/h3-13,17H,2,14-16H2,1H3. The van der Waals surface area contributed by atoms with Crippen molar-refractivity contribution in [2.75, 3.05) is 13.2 Å². The minimum Gasteiger partial charge on any atom is -0.380 e. The molecule has 0 radical (unpaired) electrons. The van der Waals surface area contributed by atoms with Crippen LogP contribution in [0.15, 0.2) is 82.3 Å². The Kier molecular flexibility index (Phi) is 7.12. The molecule has 0 aliphatic heterocycles. The maximum atomic E-state index is 12.9. The number of hydrogen-bond acceptors (Lipinski definition) is 3. The SMILES string of the molecule is CCOCCn1c(=NC(=O)c2ccc(Cc3ccccc3)cc2)sc2cc(Br)ccc21. The molecule has 0 saturated carbocycles. The molecular weight excluding hydrogens is 472 g/mol. The Balaban J connectivity index is 1.61. The van der Waals surface area contributed by atoms with E-state index in [2.05, 4.69) is 43.7 Å². The summed E-state index contributed by atoms with van der Waals surface area (Å²) in [6.45, 7) is 3.87. The summed E-state index contributed by atoms with van der Waals surface area (Å²) >= 11 is 5.04. The van der Waals surface area contributed by atoms with E-state index in [0.717, 1.165) is 21.1 Å². The van der Waals surface area contributed by atoms with Crippen LogP contribution >= 0.6 is 27.3 Å². The van der Waals surface area contributed by atoms with Gasteiger partial charge in [0.15, 0.2) is 4.80 Å². The molecule has 0 atom stereocenters. The molecule has 0 N–H and O–H groups in total. The van der Waals surface area contributed by atoms with Gasteiger partial charge in [0, 0.05) is 23.2 Å². The summed E-state index contributed by atoms with van der Waals surface area (Å²) < 4.78 is 9.68. The molecule has 0 aliphatic carbocycles. The highest BCUT2D eigenvalue weighted by molar-refractivity contribution is 9.10. The number of amides is 1. The van der Waals surface area contributed by atoms with Crippen molar-refractivity contribution in [1.82, 2.24) is 4.57 Å². The van der Waals surface area contributed by atoms with Gasteiger partial charge in [0.1, 0.15) is 0 Å². The van der Waals surface area contributed by atoms with E-state index in [-0.39, 0.29) is 5.91 Å². The zero-order valence-electron chi connectivity index (χ0n) is 17.3. The summed E-state index contributed by atoms with van der Waals surface area (Å²) in [4.78, 5) is 18.0. The van der Waals surface area contributed by atoms with Gasteiger partial charge in [0.25, 0.3) is 5.91 Å². The number of nitrogens with zero attached hydrogens (tertiary/aromatic N) is 2. The van der Waals surface area contributed by atoms with Gasteiger partial charge in [-0.15, -0.1) is 0 Å². The molecular formula is C25H23BrN2O2S. The third kappa shape index (κ3) is 5.39. The van der Waals surface area contributed by atoms with Crippen LogP contribution in [0.25, 0.3) is 10.2 Å². The number of carbonyl (C=O) groups excluding carboxylic acids is 1.